The largest absolute Gasteiger partial charge is 0.240 e. The fraction of sp³-hybridized carbons (Fsp3) is 0.364. The van der Waals surface area contributed by atoms with Crippen LogP contribution in [0.25, 0.3) is 5.69 Å². The van der Waals surface area contributed by atoms with Gasteiger partial charge in [0.15, 0.2) is 0 Å². The molecule has 0 amide bonds. The number of tetrazole rings is 1. The number of hydrogen-bond acceptors (Lipinski definition) is 5. The van der Waals surface area contributed by atoms with E-state index >= 15 is 0 Å². The van der Waals surface area contributed by atoms with Crippen molar-refractivity contribution in [1.82, 2.24) is 24.9 Å². The van der Waals surface area contributed by atoms with Crippen molar-refractivity contribution in [2.75, 3.05) is 6.54 Å². The van der Waals surface area contributed by atoms with Crippen molar-refractivity contribution >= 4 is 10.0 Å². The Morgan fingerprint density at radius 2 is 2.00 bits per heavy atom. The molecule has 1 aliphatic carbocycles. The van der Waals surface area contributed by atoms with E-state index in [1.807, 2.05) is 0 Å². The molecular weight excluding hydrogens is 266 g/mol. The lowest BCUT2D eigenvalue weighted by molar-refractivity contribution is 0.577. The molecule has 0 spiro atoms. The third-order valence-corrected chi connectivity index (χ3v) is 4.46. The molecule has 1 aromatic carbocycles. The van der Waals surface area contributed by atoms with Crippen molar-refractivity contribution < 1.29 is 8.42 Å². The highest BCUT2D eigenvalue weighted by atomic mass is 32.2. The molecule has 0 atom stereocenters. The summed E-state index contributed by atoms with van der Waals surface area (Å²) >= 11 is 0. The van der Waals surface area contributed by atoms with E-state index in [1.165, 1.54) is 11.0 Å². The maximum absolute atomic E-state index is 12.0. The Morgan fingerprint density at radius 1 is 1.26 bits per heavy atom. The summed E-state index contributed by atoms with van der Waals surface area (Å²) in [6.45, 7) is 0.525. The lowest BCUT2D eigenvalue weighted by Gasteiger charge is -2.06. The summed E-state index contributed by atoms with van der Waals surface area (Å²) in [6.07, 6.45) is 3.68. The lowest BCUT2D eigenvalue weighted by Crippen LogP contribution is -2.25. The van der Waals surface area contributed by atoms with Crippen LogP contribution in [0.3, 0.4) is 0 Å². The van der Waals surface area contributed by atoms with Gasteiger partial charge in [0.1, 0.15) is 6.33 Å². The van der Waals surface area contributed by atoms with Crippen LogP contribution in [-0.4, -0.2) is 35.2 Å². The smallest absolute Gasteiger partial charge is 0.211 e. The number of nitrogens with one attached hydrogen (secondary N) is 1. The van der Waals surface area contributed by atoms with Crippen molar-refractivity contribution in [3.8, 4) is 5.69 Å². The second-order valence-electron chi connectivity index (χ2n) is 4.54. The SMILES string of the molecule is O=S(=O)(NCC1CC1)c1ccc(-n2cnnn2)cc1. The number of aromatic nitrogens is 4. The van der Waals surface area contributed by atoms with Crippen LogP contribution in [0.4, 0.5) is 0 Å². The van der Waals surface area contributed by atoms with Gasteiger partial charge < -0.3 is 0 Å². The van der Waals surface area contributed by atoms with Crippen molar-refractivity contribution in [3.05, 3.63) is 30.6 Å². The van der Waals surface area contributed by atoms with Gasteiger partial charge in [-0.2, -0.15) is 0 Å². The number of benzene rings is 1. The fourth-order valence-corrected chi connectivity index (χ4v) is 2.81. The normalized spacial score (nSPS) is 15.6. The molecular formula is C11H13N5O2S. The molecule has 0 unspecified atom stereocenters. The summed E-state index contributed by atoms with van der Waals surface area (Å²) in [5.41, 5.74) is 0.714. The van der Waals surface area contributed by atoms with Crippen LogP contribution in [0.2, 0.25) is 0 Å². The zero-order valence-corrected chi connectivity index (χ0v) is 10.9. The molecule has 0 bridgehead atoms. The van der Waals surface area contributed by atoms with Gasteiger partial charge in [0.2, 0.25) is 10.0 Å². The van der Waals surface area contributed by atoms with Gasteiger partial charge >= 0.3 is 0 Å². The van der Waals surface area contributed by atoms with Crippen molar-refractivity contribution in [3.63, 3.8) is 0 Å². The molecule has 100 valence electrons. The summed E-state index contributed by atoms with van der Waals surface area (Å²) in [5.74, 6) is 0.510. The maximum Gasteiger partial charge on any atom is 0.240 e. The molecule has 0 saturated heterocycles. The second-order valence-corrected chi connectivity index (χ2v) is 6.31. The van der Waals surface area contributed by atoms with Crippen LogP contribution in [0.15, 0.2) is 35.5 Å². The predicted molar refractivity (Wildman–Crippen MR) is 67.1 cm³/mol. The highest BCUT2D eigenvalue weighted by Gasteiger charge is 2.24. The van der Waals surface area contributed by atoms with E-state index in [1.54, 1.807) is 24.3 Å². The summed E-state index contributed by atoms with van der Waals surface area (Å²) in [6, 6.07) is 6.43. The minimum absolute atomic E-state index is 0.255. The molecule has 3 rings (SSSR count). The van der Waals surface area contributed by atoms with Crippen molar-refractivity contribution in [1.29, 1.82) is 0 Å². The average Bonchev–Trinajstić information content (AvgIpc) is 3.09. The highest BCUT2D eigenvalue weighted by Crippen LogP contribution is 2.28. The van der Waals surface area contributed by atoms with Gasteiger partial charge in [-0.1, -0.05) is 0 Å². The first-order valence-corrected chi connectivity index (χ1v) is 7.46. The van der Waals surface area contributed by atoms with E-state index in [9.17, 15) is 8.42 Å². The van der Waals surface area contributed by atoms with E-state index in [0.29, 0.717) is 18.2 Å². The molecule has 1 heterocycles. The molecule has 0 aliphatic heterocycles. The first kappa shape index (κ1) is 12.2. The van der Waals surface area contributed by atoms with Crippen molar-refractivity contribution in [2.24, 2.45) is 5.92 Å². The minimum atomic E-state index is -3.41. The van der Waals surface area contributed by atoms with Crippen LogP contribution >= 0.6 is 0 Å². The zero-order chi connectivity index (χ0) is 13.3. The quantitative estimate of drug-likeness (QED) is 0.853. The summed E-state index contributed by atoms with van der Waals surface area (Å²) < 4.78 is 28.1. The van der Waals surface area contributed by atoms with E-state index in [2.05, 4.69) is 20.2 Å². The van der Waals surface area contributed by atoms with Crippen LogP contribution in [0.5, 0.6) is 0 Å². The maximum atomic E-state index is 12.0. The van der Waals surface area contributed by atoms with Gasteiger partial charge in [0, 0.05) is 6.54 Å². The molecule has 2 aromatic rings. The first-order valence-electron chi connectivity index (χ1n) is 5.98. The van der Waals surface area contributed by atoms with Crippen LogP contribution in [-0.2, 0) is 10.0 Å². The molecule has 1 N–H and O–H groups in total. The minimum Gasteiger partial charge on any atom is -0.211 e. The monoisotopic (exact) mass is 279 g/mol. The summed E-state index contributed by atoms with van der Waals surface area (Å²) in [4.78, 5) is 0.255. The Hall–Kier alpha value is -1.80. The zero-order valence-electron chi connectivity index (χ0n) is 10.1. The topological polar surface area (TPSA) is 89.8 Å². The van der Waals surface area contributed by atoms with Crippen molar-refractivity contribution in [2.45, 2.75) is 17.7 Å². The van der Waals surface area contributed by atoms with Gasteiger partial charge in [-0.05, 0) is 53.5 Å². The van der Waals surface area contributed by atoms with Gasteiger partial charge in [-0.15, -0.1) is 5.10 Å². The molecule has 1 fully saturated rings. The number of rotatable bonds is 5. The number of sulfonamides is 1. The van der Waals surface area contributed by atoms with Crippen LogP contribution in [0.1, 0.15) is 12.8 Å². The third-order valence-electron chi connectivity index (χ3n) is 3.02. The lowest BCUT2D eigenvalue weighted by atomic mass is 10.3. The van der Waals surface area contributed by atoms with E-state index in [-0.39, 0.29) is 4.90 Å². The third kappa shape index (κ3) is 2.79. The van der Waals surface area contributed by atoms with Gasteiger partial charge in [-0.25, -0.2) is 17.8 Å². The number of hydrogen-bond donors (Lipinski definition) is 1. The van der Waals surface area contributed by atoms with E-state index < -0.39 is 10.0 Å². The molecule has 0 radical (unpaired) electrons. The molecule has 1 saturated carbocycles. The molecule has 1 aliphatic rings. The van der Waals surface area contributed by atoms with Gasteiger partial charge in [-0.3, -0.25) is 0 Å². The molecule has 19 heavy (non-hydrogen) atoms. The standard InChI is InChI=1S/C11H13N5O2S/c17-19(18,13-7-9-1-2-9)11-5-3-10(4-6-11)16-8-12-14-15-16/h3-6,8-9,13H,1-2,7H2. The highest BCUT2D eigenvalue weighted by molar-refractivity contribution is 7.89. The van der Waals surface area contributed by atoms with E-state index in [4.69, 9.17) is 0 Å². The van der Waals surface area contributed by atoms with E-state index in [0.717, 1.165) is 12.8 Å². The van der Waals surface area contributed by atoms with Gasteiger partial charge in [0.25, 0.3) is 0 Å². The average molecular weight is 279 g/mol. The molecule has 1 aromatic heterocycles. The Labute approximate surface area is 110 Å². The second kappa shape index (κ2) is 4.71. The first-order chi connectivity index (χ1) is 9.15. The summed E-state index contributed by atoms with van der Waals surface area (Å²) in [5, 5.41) is 10.8. The molecule has 7 nitrogen and oxygen atoms in total. The fourth-order valence-electron chi connectivity index (χ4n) is 1.69. The van der Waals surface area contributed by atoms with Crippen LogP contribution in [0, 0.1) is 5.92 Å². The Bertz CT molecular complexity index is 647. The Morgan fingerprint density at radius 3 is 2.58 bits per heavy atom. The number of nitrogens with zero attached hydrogens (tertiary/aromatic N) is 4. The Balaban J connectivity index is 1.77. The molecule has 8 heteroatoms. The van der Waals surface area contributed by atoms with Gasteiger partial charge in [0.05, 0.1) is 10.6 Å². The predicted octanol–water partition coefficient (Wildman–Crippen LogP) is 0.351. The summed E-state index contributed by atoms with van der Waals surface area (Å²) in [7, 11) is -3.41. The van der Waals surface area contributed by atoms with Crippen LogP contribution < -0.4 is 4.72 Å². The Kier molecular flexibility index (Phi) is 3.03.